The van der Waals surface area contributed by atoms with Crippen LogP contribution in [0, 0.1) is 0 Å². The Hall–Kier alpha value is -4.61. The number of aliphatic hydroxyl groups excluding tert-OH is 1. The van der Waals surface area contributed by atoms with E-state index in [2.05, 4.69) is 20.2 Å². The lowest BCUT2D eigenvalue weighted by molar-refractivity contribution is -0.253. The van der Waals surface area contributed by atoms with Gasteiger partial charge in [-0.1, -0.05) is 60.7 Å². The van der Waals surface area contributed by atoms with Crippen molar-refractivity contribution >= 4 is 16.9 Å². The number of imidazole rings is 1. The van der Waals surface area contributed by atoms with E-state index in [1.54, 1.807) is 24.5 Å². The number of amides is 1. The molecule has 3 aromatic carbocycles. The first-order valence-electron chi connectivity index (χ1n) is 16.2. The lowest BCUT2D eigenvalue weighted by Crippen LogP contribution is -2.43. The zero-order valence-electron chi connectivity index (χ0n) is 26.1. The molecule has 4 heterocycles. The molecule has 0 aliphatic carbocycles. The summed E-state index contributed by atoms with van der Waals surface area (Å²) in [5.74, 6) is -0.170. The summed E-state index contributed by atoms with van der Waals surface area (Å²) in [4.78, 5) is 34.7. The molecule has 242 valence electrons. The summed E-state index contributed by atoms with van der Waals surface area (Å²) in [5, 5.41) is 12.5. The molecule has 2 aliphatic rings. The lowest BCUT2D eigenvalue weighted by Gasteiger charge is -2.40. The summed E-state index contributed by atoms with van der Waals surface area (Å²) in [6.45, 7) is 2.90. The van der Waals surface area contributed by atoms with Gasteiger partial charge < -0.3 is 29.8 Å². The van der Waals surface area contributed by atoms with Crippen molar-refractivity contribution in [3.05, 3.63) is 136 Å². The second-order valence-corrected chi connectivity index (χ2v) is 12.4. The highest BCUT2D eigenvalue weighted by molar-refractivity contribution is 5.93. The second-order valence-electron chi connectivity index (χ2n) is 12.4. The summed E-state index contributed by atoms with van der Waals surface area (Å²) in [5.41, 5.74) is 6.10. The number of likely N-dealkylation sites (tertiary alicyclic amines) is 1. The van der Waals surface area contributed by atoms with Crippen molar-refractivity contribution in [2.45, 2.75) is 57.0 Å². The van der Waals surface area contributed by atoms with Crippen LogP contribution in [0.5, 0.6) is 0 Å². The van der Waals surface area contributed by atoms with Gasteiger partial charge in [0.05, 0.1) is 35.4 Å². The van der Waals surface area contributed by atoms with Crippen LogP contribution in [0.3, 0.4) is 0 Å². The summed E-state index contributed by atoms with van der Waals surface area (Å²) in [6, 6.07) is 27.4. The van der Waals surface area contributed by atoms with Gasteiger partial charge in [0.25, 0.3) is 5.91 Å². The van der Waals surface area contributed by atoms with Crippen molar-refractivity contribution < 1.29 is 19.4 Å². The van der Waals surface area contributed by atoms with Crippen molar-refractivity contribution in [1.82, 2.24) is 24.8 Å². The number of hydrogen-bond donors (Lipinski definition) is 3. The van der Waals surface area contributed by atoms with E-state index in [0.29, 0.717) is 18.5 Å². The fraction of sp³-hybridized carbons (Fsp3) is 0.324. The maximum Gasteiger partial charge on any atom is 0.326 e. The summed E-state index contributed by atoms with van der Waals surface area (Å²) < 4.78 is 15.1. The van der Waals surface area contributed by atoms with E-state index in [9.17, 15) is 14.7 Å². The molecule has 2 aliphatic heterocycles. The molecule has 0 radical (unpaired) electrons. The smallest absolute Gasteiger partial charge is 0.326 e. The predicted octanol–water partition coefficient (Wildman–Crippen LogP) is 5.03. The van der Waals surface area contributed by atoms with Gasteiger partial charge in [-0.05, 0) is 53.8 Å². The number of rotatable bonds is 9. The van der Waals surface area contributed by atoms with E-state index < -0.39 is 6.29 Å². The van der Waals surface area contributed by atoms with Crippen LogP contribution in [0.1, 0.15) is 70.3 Å². The molecule has 0 saturated carbocycles. The zero-order valence-corrected chi connectivity index (χ0v) is 26.1. The largest absolute Gasteiger partial charge is 0.392 e. The second kappa shape index (κ2) is 14.0. The van der Waals surface area contributed by atoms with E-state index in [0.717, 1.165) is 65.8 Å². The summed E-state index contributed by atoms with van der Waals surface area (Å²) in [6.07, 6.45) is 4.87. The molecule has 47 heavy (non-hydrogen) atoms. The predicted molar refractivity (Wildman–Crippen MR) is 178 cm³/mol. The van der Waals surface area contributed by atoms with Gasteiger partial charge in [0.15, 0.2) is 6.29 Å². The van der Waals surface area contributed by atoms with Crippen LogP contribution in [-0.2, 0) is 22.6 Å². The molecule has 10 heteroatoms. The maximum atomic E-state index is 12.8. The molecule has 3 atom stereocenters. The number of pyridine rings is 1. The zero-order chi connectivity index (χ0) is 32.2. The Labute approximate surface area is 273 Å². The van der Waals surface area contributed by atoms with Crippen molar-refractivity contribution in [2.75, 3.05) is 19.6 Å². The number of hydrogen-bond acceptors (Lipinski definition) is 7. The van der Waals surface area contributed by atoms with Gasteiger partial charge in [-0.3, -0.25) is 14.3 Å². The van der Waals surface area contributed by atoms with E-state index in [4.69, 9.17) is 9.47 Å². The molecule has 7 rings (SSSR count). The van der Waals surface area contributed by atoms with Crippen molar-refractivity contribution in [2.24, 2.45) is 0 Å². The molecule has 3 unspecified atom stereocenters. The Balaban J connectivity index is 1.02. The van der Waals surface area contributed by atoms with Gasteiger partial charge >= 0.3 is 5.69 Å². The third-order valence-corrected chi connectivity index (χ3v) is 9.25. The van der Waals surface area contributed by atoms with Crippen LogP contribution < -0.4 is 11.0 Å². The Morgan fingerprint density at radius 2 is 1.66 bits per heavy atom. The van der Waals surface area contributed by atoms with Crippen molar-refractivity contribution in [3.63, 3.8) is 0 Å². The number of fused-ring (bicyclic) bond motifs is 1. The summed E-state index contributed by atoms with van der Waals surface area (Å²) in [7, 11) is 0. The number of para-hydroxylation sites is 2. The Morgan fingerprint density at radius 3 is 2.40 bits per heavy atom. The minimum Gasteiger partial charge on any atom is -0.392 e. The molecule has 2 saturated heterocycles. The molecule has 0 spiro atoms. The minimum atomic E-state index is -0.558. The maximum absolute atomic E-state index is 12.8. The van der Waals surface area contributed by atoms with Gasteiger partial charge in [0.1, 0.15) is 0 Å². The first kappa shape index (κ1) is 31.0. The number of carbonyl (C=O) groups is 1. The highest BCUT2D eigenvalue weighted by atomic mass is 16.7. The molecular formula is C37H39N5O5. The molecular weight excluding hydrogens is 594 g/mol. The normalized spacial score (nSPS) is 20.7. The number of ether oxygens (including phenoxy) is 2. The molecule has 10 nitrogen and oxygen atoms in total. The van der Waals surface area contributed by atoms with Crippen LogP contribution in [0.4, 0.5) is 0 Å². The standard InChI is InChI=1S/C37H39N5O5/c43-24-26-9-11-27(12-10-26)34-20-31(23-41-18-15-30(16-19-41)42-33-6-2-1-5-32(33)40-37(42)45)46-36(47-34)28-13-7-25(8-14-28)21-39-35(44)29-4-3-17-38-22-29/h1-14,17,22,30-31,34,36,43H,15-16,18-21,23-24H2,(H,39,44)(H,40,45). The number of aliphatic hydroxyl groups is 1. The van der Waals surface area contributed by atoms with Crippen LogP contribution in [0.15, 0.2) is 102 Å². The van der Waals surface area contributed by atoms with Gasteiger partial charge in [-0.15, -0.1) is 0 Å². The number of piperidine rings is 1. The van der Waals surface area contributed by atoms with E-state index in [1.807, 2.05) is 77.4 Å². The van der Waals surface area contributed by atoms with Gasteiger partial charge in [0, 0.05) is 56.6 Å². The summed E-state index contributed by atoms with van der Waals surface area (Å²) >= 11 is 0. The first-order chi connectivity index (χ1) is 23.0. The third kappa shape index (κ3) is 7.06. The molecule has 2 aromatic heterocycles. The number of nitrogens with zero attached hydrogens (tertiary/aromatic N) is 3. The number of aromatic amines is 1. The number of H-pyrrole nitrogens is 1. The number of carbonyl (C=O) groups excluding carboxylic acids is 1. The molecule has 1 amide bonds. The lowest BCUT2D eigenvalue weighted by atomic mass is 9.98. The number of benzene rings is 3. The van der Waals surface area contributed by atoms with E-state index in [-0.39, 0.29) is 36.5 Å². The number of aromatic nitrogens is 3. The third-order valence-electron chi connectivity index (χ3n) is 9.25. The van der Waals surface area contributed by atoms with Crippen LogP contribution in [0.25, 0.3) is 11.0 Å². The minimum absolute atomic E-state index is 0.00413. The van der Waals surface area contributed by atoms with Crippen molar-refractivity contribution in [3.8, 4) is 0 Å². The molecule has 3 N–H and O–H groups in total. The fourth-order valence-electron chi connectivity index (χ4n) is 6.69. The topological polar surface area (TPSA) is 122 Å². The molecule has 0 bridgehead atoms. The highest BCUT2D eigenvalue weighted by Crippen LogP contribution is 2.38. The Kier molecular flexibility index (Phi) is 9.25. The van der Waals surface area contributed by atoms with Gasteiger partial charge in [-0.25, -0.2) is 4.79 Å². The molecule has 2 fully saturated rings. The first-order valence-corrected chi connectivity index (χ1v) is 16.2. The van der Waals surface area contributed by atoms with E-state index >= 15 is 0 Å². The van der Waals surface area contributed by atoms with Gasteiger partial charge in [-0.2, -0.15) is 0 Å². The average Bonchev–Trinajstić information content (AvgIpc) is 3.47. The quantitative estimate of drug-likeness (QED) is 0.208. The van der Waals surface area contributed by atoms with E-state index in [1.165, 1.54) is 0 Å². The fourth-order valence-corrected chi connectivity index (χ4v) is 6.69. The SMILES string of the molecule is O=C(NCc1ccc(C2OC(CN3CCC(n4c(=O)[nH]c5ccccc54)CC3)CC(c3ccc(CO)cc3)O2)cc1)c1cccnc1. The van der Waals surface area contributed by atoms with Crippen LogP contribution >= 0.6 is 0 Å². The van der Waals surface area contributed by atoms with Crippen molar-refractivity contribution in [1.29, 1.82) is 0 Å². The average molecular weight is 634 g/mol. The van der Waals surface area contributed by atoms with Gasteiger partial charge in [0.2, 0.25) is 0 Å². The Morgan fingerprint density at radius 1 is 0.915 bits per heavy atom. The van der Waals surface area contributed by atoms with Crippen LogP contribution in [-0.4, -0.2) is 56.2 Å². The Bertz CT molecular complexity index is 1850. The highest BCUT2D eigenvalue weighted by Gasteiger charge is 2.34. The monoisotopic (exact) mass is 633 g/mol. The number of nitrogens with one attached hydrogen (secondary N) is 2. The molecule has 5 aromatic rings. The van der Waals surface area contributed by atoms with Crippen LogP contribution in [0.2, 0.25) is 0 Å².